The summed E-state index contributed by atoms with van der Waals surface area (Å²) in [6.45, 7) is 5.15. The number of ether oxygens (including phenoxy) is 2. The minimum Gasteiger partial charge on any atom is -0.424 e. The minimum atomic E-state index is -1.07. The zero-order valence-corrected chi connectivity index (χ0v) is 11.6. The summed E-state index contributed by atoms with van der Waals surface area (Å²) < 4.78 is 10.7. The van der Waals surface area contributed by atoms with Crippen LogP contribution in [0.5, 0.6) is 0 Å². The van der Waals surface area contributed by atoms with Crippen molar-refractivity contribution in [2.75, 3.05) is 12.4 Å². The minimum absolute atomic E-state index is 0.345. The summed E-state index contributed by atoms with van der Waals surface area (Å²) >= 11 is 4.82. The van der Waals surface area contributed by atoms with E-state index in [9.17, 15) is 4.79 Å². The molecule has 1 aromatic heterocycles. The van der Waals surface area contributed by atoms with Crippen LogP contribution in [0.25, 0.3) is 0 Å². The second-order valence-corrected chi connectivity index (χ2v) is 4.61. The maximum absolute atomic E-state index is 11.6. The Morgan fingerprint density at radius 1 is 1.69 bits per heavy atom. The molecule has 1 rings (SSSR count). The molecule has 1 unspecified atom stereocenters. The summed E-state index contributed by atoms with van der Waals surface area (Å²) in [5.41, 5.74) is 1.16. The highest BCUT2D eigenvalue weighted by atomic mass is 79.9. The highest BCUT2D eigenvalue weighted by Crippen LogP contribution is 2.31. The van der Waals surface area contributed by atoms with Crippen LogP contribution in [-0.2, 0) is 20.1 Å². The second kappa shape index (κ2) is 5.61. The van der Waals surface area contributed by atoms with Crippen LogP contribution in [0.3, 0.4) is 0 Å². The number of alkyl halides is 1. The van der Waals surface area contributed by atoms with Crippen molar-refractivity contribution in [3.8, 4) is 0 Å². The molecule has 0 saturated carbocycles. The first-order chi connectivity index (χ1) is 7.55. The fourth-order valence-corrected chi connectivity index (χ4v) is 2.47. The molecule has 16 heavy (non-hydrogen) atoms. The van der Waals surface area contributed by atoms with Crippen molar-refractivity contribution in [1.29, 1.82) is 0 Å². The molecule has 0 bridgehead atoms. The molecule has 88 valence electrons. The van der Waals surface area contributed by atoms with Crippen LogP contribution >= 0.6 is 27.3 Å². The van der Waals surface area contributed by atoms with Crippen molar-refractivity contribution >= 4 is 33.2 Å². The van der Waals surface area contributed by atoms with E-state index in [1.54, 1.807) is 6.92 Å². The molecular weight excluding hydrogens is 292 g/mol. The third-order valence-corrected chi connectivity index (χ3v) is 3.49. The van der Waals surface area contributed by atoms with E-state index in [-0.39, 0.29) is 0 Å². The van der Waals surface area contributed by atoms with Gasteiger partial charge in [-0.2, -0.15) is 11.3 Å². The van der Waals surface area contributed by atoms with E-state index in [4.69, 9.17) is 9.47 Å². The number of methoxy groups -OCH3 is 1. The molecule has 0 aliphatic rings. The van der Waals surface area contributed by atoms with Crippen LogP contribution in [0.2, 0.25) is 0 Å². The van der Waals surface area contributed by atoms with Crippen molar-refractivity contribution in [2.24, 2.45) is 0 Å². The normalized spacial score (nSPS) is 14.2. The van der Waals surface area contributed by atoms with Gasteiger partial charge in [-0.05, 0) is 18.4 Å². The summed E-state index contributed by atoms with van der Waals surface area (Å²) in [7, 11) is 1.50. The van der Waals surface area contributed by atoms with Crippen molar-refractivity contribution in [3.05, 3.63) is 34.5 Å². The molecule has 0 N–H and O–H groups in total. The molecule has 0 aliphatic carbocycles. The number of hydrogen-bond donors (Lipinski definition) is 0. The van der Waals surface area contributed by atoms with Crippen LogP contribution in [0.15, 0.2) is 29.0 Å². The molecule has 0 radical (unpaired) electrons. The highest BCUT2D eigenvalue weighted by Gasteiger charge is 2.36. The van der Waals surface area contributed by atoms with Crippen LogP contribution in [0.4, 0.5) is 0 Å². The fourth-order valence-electron chi connectivity index (χ4n) is 1.10. The van der Waals surface area contributed by atoms with E-state index in [0.29, 0.717) is 10.9 Å². The standard InChI is InChI=1S/C11H13BrO3S/c1-8(2)10(13)15-11(7-12,14-3)9-4-5-16-6-9/h4-6H,1,7H2,2-3H3. The number of halogens is 1. The third kappa shape index (κ3) is 2.72. The molecule has 0 aliphatic heterocycles. The van der Waals surface area contributed by atoms with Gasteiger partial charge in [0.15, 0.2) is 0 Å². The van der Waals surface area contributed by atoms with Gasteiger partial charge in [0, 0.05) is 23.6 Å². The van der Waals surface area contributed by atoms with Crippen LogP contribution < -0.4 is 0 Å². The molecular formula is C11H13BrO3S. The maximum atomic E-state index is 11.6. The Bertz CT molecular complexity index is 369. The van der Waals surface area contributed by atoms with Gasteiger partial charge in [-0.1, -0.05) is 22.5 Å². The van der Waals surface area contributed by atoms with Gasteiger partial charge in [0.2, 0.25) is 0 Å². The van der Waals surface area contributed by atoms with Crippen LogP contribution in [-0.4, -0.2) is 18.4 Å². The lowest BCUT2D eigenvalue weighted by Gasteiger charge is -2.29. The predicted molar refractivity (Wildman–Crippen MR) is 67.7 cm³/mol. The number of hydrogen-bond acceptors (Lipinski definition) is 4. The van der Waals surface area contributed by atoms with Gasteiger partial charge in [0.05, 0.1) is 5.33 Å². The Balaban J connectivity index is 2.98. The molecule has 1 atom stereocenters. The largest absolute Gasteiger partial charge is 0.424 e. The average Bonchev–Trinajstić information content (AvgIpc) is 2.79. The van der Waals surface area contributed by atoms with E-state index in [2.05, 4.69) is 22.5 Å². The first-order valence-corrected chi connectivity index (χ1v) is 6.65. The fraction of sp³-hybridized carbons (Fsp3) is 0.364. The summed E-state index contributed by atoms with van der Waals surface area (Å²) in [6.07, 6.45) is 0. The van der Waals surface area contributed by atoms with Gasteiger partial charge < -0.3 is 9.47 Å². The monoisotopic (exact) mass is 304 g/mol. The second-order valence-electron chi connectivity index (χ2n) is 3.27. The van der Waals surface area contributed by atoms with Gasteiger partial charge in [-0.25, -0.2) is 4.79 Å². The smallest absolute Gasteiger partial charge is 0.335 e. The van der Waals surface area contributed by atoms with E-state index >= 15 is 0 Å². The summed E-state index contributed by atoms with van der Waals surface area (Å²) in [5.74, 6) is -1.54. The Kier molecular flexibility index (Phi) is 4.70. The van der Waals surface area contributed by atoms with Crippen LogP contribution in [0.1, 0.15) is 12.5 Å². The maximum Gasteiger partial charge on any atom is 0.335 e. The van der Waals surface area contributed by atoms with E-state index in [0.717, 1.165) is 5.56 Å². The van der Waals surface area contributed by atoms with E-state index < -0.39 is 11.8 Å². The molecule has 0 spiro atoms. The Labute approximate surface area is 107 Å². The van der Waals surface area contributed by atoms with E-state index in [1.165, 1.54) is 18.4 Å². The van der Waals surface area contributed by atoms with Crippen LogP contribution in [0, 0.1) is 0 Å². The molecule has 1 aromatic rings. The van der Waals surface area contributed by atoms with Gasteiger partial charge in [-0.3, -0.25) is 0 Å². The number of thiophene rings is 1. The van der Waals surface area contributed by atoms with Crippen molar-refractivity contribution in [2.45, 2.75) is 12.7 Å². The predicted octanol–water partition coefficient (Wildman–Crippen LogP) is 3.06. The highest BCUT2D eigenvalue weighted by molar-refractivity contribution is 9.09. The van der Waals surface area contributed by atoms with Crippen molar-refractivity contribution in [3.63, 3.8) is 0 Å². The number of esters is 1. The number of rotatable bonds is 5. The Hall–Kier alpha value is -0.650. The average molecular weight is 305 g/mol. The molecule has 0 fully saturated rings. The lowest BCUT2D eigenvalue weighted by molar-refractivity contribution is -0.212. The van der Waals surface area contributed by atoms with E-state index in [1.807, 2.05) is 16.8 Å². The SMILES string of the molecule is C=C(C)C(=O)OC(CBr)(OC)c1ccsc1. The molecule has 0 aromatic carbocycles. The molecule has 5 heteroatoms. The van der Waals surface area contributed by atoms with Gasteiger partial charge in [0.25, 0.3) is 5.79 Å². The third-order valence-electron chi connectivity index (χ3n) is 2.07. The zero-order valence-electron chi connectivity index (χ0n) is 9.16. The quantitative estimate of drug-likeness (QED) is 0.363. The summed E-state index contributed by atoms with van der Waals surface area (Å²) in [5, 5.41) is 4.16. The first-order valence-electron chi connectivity index (χ1n) is 4.58. The lowest BCUT2D eigenvalue weighted by Crippen LogP contribution is -2.36. The first kappa shape index (κ1) is 13.4. The Morgan fingerprint density at radius 3 is 2.75 bits per heavy atom. The number of carbonyl (C=O) groups is 1. The van der Waals surface area contributed by atoms with Crippen molar-refractivity contribution < 1.29 is 14.3 Å². The molecule has 0 saturated heterocycles. The number of carbonyl (C=O) groups excluding carboxylic acids is 1. The summed E-state index contributed by atoms with van der Waals surface area (Å²) in [6, 6.07) is 1.86. The van der Waals surface area contributed by atoms with Gasteiger partial charge in [0.1, 0.15) is 0 Å². The molecule has 1 heterocycles. The lowest BCUT2D eigenvalue weighted by atomic mass is 10.1. The van der Waals surface area contributed by atoms with Gasteiger partial charge in [-0.15, -0.1) is 0 Å². The molecule has 0 amide bonds. The summed E-state index contributed by atoms with van der Waals surface area (Å²) in [4.78, 5) is 11.6. The zero-order chi connectivity index (χ0) is 12.2. The van der Waals surface area contributed by atoms with Crippen molar-refractivity contribution in [1.82, 2.24) is 0 Å². The molecule has 3 nitrogen and oxygen atoms in total. The topological polar surface area (TPSA) is 35.5 Å². The Morgan fingerprint density at radius 2 is 2.38 bits per heavy atom. The van der Waals surface area contributed by atoms with Gasteiger partial charge >= 0.3 is 5.97 Å².